The molecule has 0 bridgehead atoms. The second-order valence-electron chi connectivity index (χ2n) is 5.79. The Morgan fingerprint density at radius 3 is 2.33 bits per heavy atom. The Labute approximate surface area is 126 Å². The maximum absolute atomic E-state index is 2.36. The second-order valence-corrected chi connectivity index (χ2v) is 5.79. The summed E-state index contributed by atoms with van der Waals surface area (Å²) in [6.07, 6.45) is 0. The molecule has 2 unspecified atom stereocenters. The fourth-order valence-electron chi connectivity index (χ4n) is 3.28. The predicted molar refractivity (Wildman–Crippen MR) is 75.5 cm³/mol. The number of hydrogen-bond donors (Lipinski definition) is 0. The van der Waals surface area contributed by atoms with Gasteiger partial charge in [0, 0.05) is 17.5 Å². The highest BCUT2D eigenvalue weighted by atomic mass is 127. The average molecular weight is 353 g/mol. The molecule has 1 heterocycles. The predicted octanol–water partition coefficient (Wildman–Crippen LogP) is 0.916. The van der Waals surface area contributed by atoms with Gasteiger partial charge in [0.05, 0.1) is 20.1 Å². The average Bonchev–Trinajstić information content (AvgIpc) is 2.51. The van der Waals surface area contributed by atoms with Gasteiger partial charge in [0.1, 0.15) is 5.69 Å². The van der Waals surface area contributed by atoms with Crippen LogP contribution >= 0.6 is 0 Å². The molecule has 0 amide bonds. The molecule has 3 rings (SSSR count). The van der Waals surface area contributed by atoms with Gasteiger partial charge < -0.3 is 24.0 Å². The van der Waals surface area contributed by atoms with Crippen LogP contribution in [0, 0.1) is 0 Å². The van der Waals surface area contributed by atoms with Crippen molar-refractivity contribution in [2.45, 2.75) is 25.8 Å². The third kappa shape index (κ3) is 1.69. The molecule has 0 N–H and O–H groups in total. The van der Waals surface area contributed by atoms with E-state index in [1.54, 1.807) is 5.56 Å². The first kappa shape index (κ1) is 13.8. The minimum atomic E-state index is 0. The first-order valence-corrected chi connectivity index (χ1v) is 6.39. The molecule has 1 aliphatic heterocycles. The van der Waals surface area contributed by atoms with Gasteiger partial charge in [0.15, 0.2) is 0 Å². The molecule has 0 spiro atoms. The SMILES string of the molecule is CC1c2c(ccc3ccccc23)[N+](C)(C)C1C.[I-]. The zero-order valence-electron chi connectivity index (χ0n) is 11.4. The van der Waals surface area contributed by atoms with Crippen molar-refractivity contribution in [3.63, 3.8) is 0 Å². The molecule has 0 radical (unpaired) electrons. The largest absolute Gasteiger partial charge is 1.00 e. The fraction of sp³-hybridized carbons (Fsp3) is 0.375. The summed E-state index contributed by atoms with van der Waals surface area (Å²) in [6, 6.07) is 14.0. The summed E-state index contributed by atoms with van der Waals surface area (Å²) < 4.78 is 1.00. The molecule has 0 aromatic heterocycles. The van der Waals surface area contributed by atoms with Gasteiger partial charge in [-0.3, -0.25) is 4.48 Å². The number of benzene rings is 2. The fourth-order valence-corrected chi connectivity index (χ4v) is 3.28. The topological polar surface area (TPSA) is 0 Å². The Morgan fingerprint density at radius 2 is 1.61 bits per heavy atom. The van der Waals surface area contributed by atoms with Crippen LogP contribution in [-0.2, 0) is 0 Å². The molecular weight excluding hydrogens is 333 g/mol. The molecule has 0 aliphatic carbocycles. The first-order valence-electron chi connectivity index (χ1n) is 6.39. The van der Waals surface area contributed by atoms with Crippen LogP contribution in [0.5, 0.6) is 0 Å². The van der Waals surface area contributed by atoms with E-state index in [9.17, 15) is 0 Å². The lowest BCUT2D eigenvalue weighted by molar-refractivity contribution is -0.00000359. The lowest BCUT2D eigenvalue weighted by Crippen LogP contribution is -3.00. The normalized spacial score (nSPS) is 24.7. The zero-order chi connectivity index (χ0) is 12.2. The number of hydrogen-bond acceptors (Lipinski definition) is 0. The molecule has 1 nitrogen and oxygen atoms in total. The molecule has 0 saturated carbocycles. The van der Waals surface area contributed by atoms with Gasteiger partial charge in [-0.15, -0.1) is 0 Å². The Hall–Kier alpha value is -0.610. The summed E-state index contributed by atoms with van der Waals surface area (Å²) in [5.74, 6) is 0.631. The Balaban J connectivity index is 0.00000120. The first-order chi connectivity index (χ1) is 8.03. The summed E-state index contributed by atoms with van der Waals surface area (Å²) in [7, 11) is 4.64. The lowest BCUT2D eigenvalue weighted by Gasteiger charge is -2.30. The molecule has 0 fully saturated rings. The van der Waals surface area contributed by atoms with E-state index in [0.717, 1.165) is 4.48 Å². The maximum Gasteiger partial charge on any atom is 0.137 e. The van der Waals surface area contributed by atoms with Gasteiger partial charge in [-0.2, -0.15) is 0 Å². The number of nitrogens with zero attached hydrogens (tertiary/aromatic N) is 1. The second kappa shape index (κ2) is 4.49. The monoisotopic (exact) mass is 353 g/mol. The van der Waals surface area contributed by atoms with E-state index >= 15 is 0 Å². The number of rotatable bonds is 0. The highest BCUT2D eigenvalue weighted by Crippen LogP contribution is 2.46. The van der Waals surface area contributed by atoms with Crippen molar-refractivity contribution in [2.75, 3.05) is 14.1 Å². The smallest absolute Gasteiger partial charge is 0.137 e. The van der Waals surface area contributed by atoms with Gasteiger partial charge in [-0.25, -0.2) is 0 Å². The summed E-state index contributed by atoms with van der Waals surface area (Å²) in [4.78, 5) is 0. The van der Waals surface area contributed by atoms with E-state index in [1.807, 2.05) is 0 Å². The van der Waals surface area contributed by atoms with E-state index in [4.69, 9.17) is 0 Å². The number of fused-ring (bicyclic) bond motifs is 3. The summed E-state index contributed by atoms with van der Waals surface area (Å²) in [5.41, 5.74) is 3.05. The number of quaternary nitrogens is 1. The molecule has 2 atom stereocenters. The summed E-state index contributed by atoms with van der Waals surface area (Å²) in [5, 5.41) is 2.81. The molecule has 1 aliphatic rings. The van der Waals surface area contributed by atoms with Gasteiger partial charge >= 0.3 is 0 Å². The van der Waals surface area contributed by atoms with Crippen molar-refractivity contribution in [3.05, 3.63) is 42.0 Å². The van der Waals surface area contributed by atoms with E-state index in [2.05, 4.69) is 64.3 Å². The van der Waals surface area contributed by atoms with Crippen LogP contribution in [0.1, 0.15) is 25.3 Å². The highest BCUT2D eigenvalue weighted by molar-refractivity contribution is 5.91. The van der Waals surface area contributed by atoms with E-state index in [0.29, 0.717) is 12.0 Å². The molecule has 2 aromatic rings. The molecule has 2 heteroatoms. The van der Waals surface area contributed by atoms with Crippen LogP contribution in [0.15, 0.2) is 36.4 Å². The Kier molecular flexibility index (Phi) is 3.45. The minimum Gasteiger partial charge on any atom is -1.00 e. The van der Waals surface area contributed by atoms with Crippen molar-refractivity contribution in [3.8, 4) is 0 Å². The van der Waals surface area contributed by atoms with Gasteiger partial charge in [0.25, 0.3) is 0 Å². The van der Waals surface area contributed by atoms with Crippen molar-refractivity contribution < 1.29 is 24.0 Å². The van der Waals surface area contributed by atoms with E-state index in [-0.39, 0.29) is 24.0 Å². The van der Waals surface area contributed by atoms with Crippen LogP contribution in [0.2, 0.25) is 0 Å². The zero-order valence-corrected chi connectivity index (χ0v) is 13.6. The summed E-state index contributed by atoms with van der Waals surface area (Å²) in [6.45, 7) is 4.72. The third-order valence-electron chi connectivity index (χ3n) is 4.77. The Bertz CT molecular complexity index is 589. The van der Waals surface area contributed by atoms with Crippen LogP contribution in [-0.4, -0.2) is 20.1 Å². The minimum absolute atomic E-state index is 0. The van der Waals surface area contributed by atoms with Gasteiger partial charge in [-0.1, -0.05) is 31.2 Å². The van der Waals surface area contributed by atoms with E-state index < -0.39 is 0 Å². The Morgan fingerprint density at radius 1 is 0.944 bits per heavy atom. The van der Waals surface area contributed by atoms with Crippen molar-refractivity contribution in [1.29, 1.82) is 0 Å². The summed E-state index contributed by atoms with van der Waals surface area (Å²) >= 11 is 0. The van der Waals surface area contributed by atoms with E-state index in [1.165, 1.54) is 16.5 Å². The molecule has 0 saturated heterocycles. The van der Waals surface area contributed by atoms with Crippen LogP contribution < -0.4 is 28.5 Å². The van der Waals surface area contributed by atoms with Crippen LogP contribution in [0.25, 0.3) is 10.8 Å². The lowest BCUT2D eigenvalue weighted by atomic mass is 9.93. The van der Waals surface area contributed by atoms with Crippen molar-refractivity contribution >= 4 is 16.5 Å². The van der Waals surface area contributed by atoms with Gasteiger partial charge in [0.2, 0.25) is 0 Å². The van der Waals surface area contributed by atoms with Crippen molar-refractivity contribution in [1.82, 2.24) is 4.48 Å². The molecular formula is C16H20IN. The number of likely N-dealkylation sites (N-methyl/N-ethyl adjacent to an activating group) is 1. The molecule has 18 heavy (non-hydrogen) atoms. The maximum atomic E-state index is 2.36. The quantitative estimate of drug-likeness (QED) is 0.488. The highest BCUT2D eigenvalue weighted by Gasteiger charge is 2.43. The van der Waals surface area contributed by atoms with Gasteiger partial charge in [-0.05, 0) is 23.8 Å². The third-order valence-corrected chi connectivity index (χ3v) is 4.77. The van der Waals surface area contributed by atoms with Crippen LogP contribution in [0.3, 0.4) is 0 Å². The molecule has 96 valence electrons. The molecule has 2 aromatic carbocycles. The van der Waals surface area contributed by atoms with Crippen molar-refractivity contribution in [2.24, 2.45) is 0 Å². The van der Waals surface area contributed by atoms with Crippen LogP contribution in [0.4, 0.5) is 5.69 Å². The number of halogens is 1. The standard InChI is InChI=1S/C16H20N.HI/c1-11-12(2)17(3,4)15-10-9-13-7-5-6-8-14(13)16(11)15;/h5-12H,1-4H3;1H/q+1;/p-1.